The summed E-state index contributed by atoms with van der Waals surface area (Å²) in [5.41, 5.74) is 5.88. The zero-order valence-corrected chi connectivity index (χ0v) is 19.2. The van der Waals surface area contributed by atoms with E-state index in [1.54, 1.807) is 0 Å². The molecule has 1 aliphatic carbocycles. The van der Waals surface area contributed by atoms with Crippen LogP contribution in [0.25, 0.3) is 11.1 Å². The fourth-order valence-electron chi connectivity index (χ4n) is 4.24. The minimum absolute atomic E-state index is 0.0998. The van der Waals surface area contributed by atoms with Crippen LogP contribution in [-0.4, -0.2) is 9.79 Å². The molecule has 1 aliphatic rings. The van der Waals surface area contributed by atoms with Crippen LogP contribution in [0.5, 0.6) is 0 Å². The molecule has 29 heavy (non-hydrogen) atoms. The molecule has 0 heterocycles. The van der Waals surface area contributed by atoms with Crippen molar-refractivity contribution in [1.29, 1.82) is 0 Å². The van der Waals surface area contributed by atoms with Crippen molar-refractivity contribution < 1.29 is 9.79 Å². The quantitative estimate of drug-likeness (QED) is 0.363. The van der Waals surface area contributed by atoms with E-state index in [2.05, 4.69) is 102 Å². The molecule has 0 fully saturated rings. The molecule has 2 N–H and O–H groups in total. The van der Waals surface area contributed by atoms with Gasteiger partial charge < -0.3 is 9.79 Å². The molecule has 3 aromatic rings. The SMILES string of the molecule is CC(C)(C)c1cccc(C(C)(C)C)c1-c1cccc2c1=c1ccccc1=2.OPO. The molecule has 3 heteroatoms. The van der Waals surface area contributed by atoms with E-state index in [0.717, 1.165) is 0 Å². The minimum atomic E-state index is -0.917. The van der Waals surface area contributed by atoms with E-state index < -0.39 is 9.03 Å². The fourth-order valence-corrected chi connectivity index (χ4v) is 4.24. The predicted octanol–water partition coefficient (Wildman–Crippen LogP) is 6.32. The second-order valence-electron chi connectivity index (χ2n) is 9.60. The van der Waals surface area contributed by atoms with Crippen molar-refractivity contribution in [2.24, 2.45) is 0 Å². The first kappa shape index (κ1) is 21.7. The lowest BCUT2D eigenvalue weighted by Gasteiger charge is -2.31. The normalized spacial score (nSPS) is 12.3. The lowest BCUT2D eigenvalue weighted by Crippen LogP contribution is -2.19. The van der Waals surface area contributed by atoms with Crippen LogP contribution in [0, 0.1) is 20.9 Å². The average Bonchev–Trinajstić information content (AvgIpc) is 2.64. The molecule has 0 saturated carbocycles. The second kappa shape index (κ2) is 8.03. The largest absolute Gasteiger partial charge is 0.352 e. The molecule has 3 aromatic carbocycles. The molecule has 0 atom stereocenters. The molecule has 152 valence electrons. The van der Waals surface area contributed by atoms with Gasteiger partial charge >= 0.3 is 0 Å². The van der Waals surface area contributed by atoms with E-state index in [-0.39, 0.29) is 10.8 Å². The van der Waals surface area contributed by atoms with Crippen molar-refractivity contribution in [2.75, 3.05) is 0 Å². The monoisotopic (exact) mass is 406 g/mol. The van der Waals surface area contributed by atoms with Crippen LogP contribution in [0.1, 0.15) is 52.7 Å². The molecule has 0 aromatic heterocycles. The molecule has 0 spiro atoms. The first-order chi connectivity index (χ1) is 13.6. The van der Waals surface area contributed by atoms with Gasteiger partial charge in [0.25, 0.3) is 0 Å². The Hall–Kier alpha value is -1.99. The van der Waals surface area contributed by atoms with Gasteiger partial charge in [-0.05, 0) is 54.0 Å². The van der Waals surface area contributed by atoms with E-state index in [1.807, 2.05) is 0 Å². The van der Waals surface area contributed by atoms with E-state index in [0.29, 0.717) is 0 Å². The molecule has 0 unspecified atom stereocenters. The molecule has 2 nitrogen and oxygen atoms in total. The average molecular weight is 407 g/mol. The maximum atomic E-state index is 7.15. The summed E-state index contributed by atoms with van der Waals surface area (Å²) < 4.78 is 0. The van der Waals surface area contributed by atoms with Gasteiger partial charge in [0.2, 0.25) is 0 Å². The molecule has 0 amide bonds. The second-order valence-corrected chi connectivity index (χ2v) is 9.80. The summed E-state index contributed by atoms with van der Waals surface area (Å²) in [5.74, 6) is 0. The summed E-state index contributed by atoms with van der Waals surface area (Å²) in [5, 5.41) is 5.59. The third kappa shape index (κ3) is 4.03. The third-order valence-corrected chi connectivity index (χ3v) is 5.50. The van der Waals surface area contributed by atoms with Crippen molar-refractivity contribution in [2.45, 2.75) is 52.4 Å². The van der Waals surface area contributed by atoms with Gasteiger partial charge in [-0.2, -0.15) is 0 Å². The number of fused-ring (bicyclic) bond motifs is 2. The van der Waals surface area contributed by atoms with Gasteiger partial charge in [0.1, 0.15) is 9.03 Å². The third-order valence-electron chi connectivity index (χ3n) is 5.50. The Labute approximate surface area is 175 Å². The lowest BCUT2D eigenvalue weighted by molar-refractivity contribution is 0.513. The summed E-state index contributed by atoms with van der Waals surface area (Å²) in [6, 6.07) is 22.4. The number of rotatable bonds is 1. The Bertz CT molecular complexity index is 1180. The van der Waals surface area contributed by atoms with Crippen molar-refractivity contribution in [3.8, 4) is 11.1 Å². The van der Waals surface area contributed by atoms with E-state index in [4.69, 9.17) is 9.79 Å². The smallest absolute Gasteiger partial charge is 0.149 e. The van der Waals surface area contributed by atoms with Gasteiger partial charge in [0.15, 0.2) is 0 Å². The highest BCUT2D eigenvalue weighted by molar-refractivity contribution is 7.23. The Morgan fingerprint density at radius 2 is 1.03 bits per heavy atom. The van der Waals surface area contributed by atoms with Crippen molar-refractivity contribution >= 4 is 9.03 Å². The zero-order chi connectivity index (χ0) is 21.4. The van der Waals surface area contributed by atoms with Crippen LogP contribution in [0.2, 0.25) is 0 Å². The van der Waals surface area contributed by atoms with Crippen LogP contribution in [-0.2, 0) is 10.8 Å². The van der Waals surface area contributed by atoms with Crippen LogP contribution < -0.4 is 0 Å². The molecule has 0 bridgehead atoms. The summed E-state index contributed by atoms with van der Waals surface area (Å²) in [7, 11) is -0.917. The first-order valence-electron chi connectivity index (χ1n) is 10.0. The molecule has 4 rings (SSSR count). The number of benzene rings is 3. The van der Waals surface area contributed by atoms with Crippen LogP contribution >= 0.6 is 9.03 Å². The van der Waals surface area contributed by atoms with E-state index in [9.17, 15) is 0 Å². The number of hydrogen-bond donors (Lipinski definition) is 2. The highest BCUT2D eigenvalue weighted by Crippen LogP contribution is 2.41. The molecule has 0 saturated heterocycles. The Morgan fingerprint density at radius 1 is 0.586 bits per heavy atom. The topological polar surface area (TPSA) is 40.5 Å². The molecular formula is C26H31O2P. The predicted molar refractivity (Wildman–Crippen MR) is 124 cm³/mol. The fraction of sp³-hybridized carbons (Fsp3) is 0.308. The highest BCUT2D eigenvalue weighted by Gasteiger charge is 2.27. The highest BCUT2D eigenvalue weighted by atomic mass is 31.1. The van der Waals surface area contributed by atoms with Crippen molar-refractivity contribution in [1.82, 2.24) is 0 Å². The van der Waals surface area contributed by atoms with Gasteiger partial charge in [0, 0.05) is 0 Å². The maximum absolute atomic E-state index is 7.15. The lowest BCUT2D eigenvalue weighted by atomic mass is 9.73. The van der Waals surface area contributed by atoms with Crippen LogP contribution in [0.4, 0.5) is 0 Å². The number of hydrogen-bond acceptors (Lipinski definition) is 2. The molecular weight excluding hydrogens is 375 g/mol. The van der Waals surface area contributed by atoms with Gasteiger partial charge in [-0.25, -0.2) is 0 Å². The molecule has 0 radical (unpaired) electrons. The Morgan fingerprint density at radius 3 is 1.55 bits per heavy atom. The summed E-state index contributed by atoms with van der Waals surface area (Å²) in [4.78, 5) is 14.3. The first-order valence-corrected chi connectivity index (χ1v) is 10.9. The minimum Gasteiger partial charge on any atom is -0.352 e. The Balaban J connectivity index is 0.000000755. The summed E-state index contributed by atoms with van der Waals surface area (Å²) in [6.45, 7) is 13.9. The van der Waals surface area contributed by atoms with Crippen LogP contribution in [0.15, 0.2) is 60.7 Å². The molecule has 0 aliphatic heterocycles. The van der Waals surface area contributed by atoms with Crippen molar-refractivity contribution in [3.05, 3.63) is 92.7 Å². The van der Waals surface area contributed by atoms with Gasteiger partial charge in [-0.1, -0.05) is 102 Å². The van der Waals surface area contributed by atoms with Crippen LogP contribution in [0.3, 0.4) is 0 Å². The zero-order valence-electron chi connectivity index (χ0n) is 18.2. The van der Waals surface area contributed by atoms with Gasteiger partial charge in [0.05, 0.1) is 0 Å². The van der Waals surface area contributed by atoms with Gasteiger partial charge in [-0.3, -0.25) is 0 Å². The van der Waals surface area contributed by atoms with E-state index in [1.165, 1.54) is 43.1 Å². The summed E-state index contributed by atoms with van der Waals surface area (Å²) in [6.07, 6.45) is 0. The summed E-state index contributed by atoms with van der Waals surface area (Å²) >= 11 is 0. The Kier molecular flexibility index (Phi) is 6.01. The van der Waals surface area contributed by atoms with Gasteiger partial charge in [-0.15, -0.1) is 0 Å². The van der Waals surface area contributed by atoms with E-state index >= 15 is 0 Å². The maximum Gasteiger partial charge on any atom is 0.149 e. The standard InChI is InChI=1S/C26H28.H3O2P/c1-25(2,3)21-15-10-16-22(26(4,5)6)24(21)20-14-9-13-19-17-11-7-8-12-18(17)23(19)20;1-3-2/h7-16H,1-6H3;1-3H. The van der Waals surface area contributed by atoms with Crippen molar-refractivity contribution in [3.63, 3.8) is 0 Å².